The zero-order valence-corrected chi connectivity index (χ0v) is 12.0. The fraction of sp³-hybridized carbons (Fsp3) is 0.235. The van der Waals surface area contributed by atoms with Crippen LogP contribution in [0, 0.1) is 0 Å². The van der Waals surface area contributed by atoms with E-state index in [-0.39, 0.29) is 0 Å². The first-order chi connectivity index (χ1) is 9.72. The minimum Gasteiger partial charge on any atom is -0.340 e. The Morgan fingerprint density at radius 3 is 2.75 bits per heavy atom. The molecular weight excluding hydrogens is 246 g/mol. The Bertz CT molecular complexity index is 692. The highest BCUT2D eigenvalue weighted by atomic mass is 15.3. The van der Waals surface area contributed by atoms with Crippen molar-refractivity contribution in [2.75, 3.05) is 5.32 Å². The molecule has 1 aromatic carbocycles. The van der Waals surface area contributed by atoms with E-state index < -0.39 is 0 Å². The molecule has 0 bridgehead atoms. The topological polar surface area (TPSA) is 29.9 Å². The predicted octanol–water partition coefficient (Wildman–Crippen LogP) is 4.08. The van der Waals surface area contributed by atoms with Crippen molar-refractivity contribution in [2.24, 2.45) is 0 Å². The summed E-state index contributed by atoms with van der Waals surface area (Å²) in [5.74, 6) is 0.990. The quantitative estimate of drug-likeness (QED) is 0.906. The third-order valence-electron chi connectivity index (χ3n) is 3.77. The first-order valence-electron chi connectivity index (χ1n) is 7.06. The van der Waals surface area contributed by atoms with E-state index in [9.17, 15) is 0 Å². The summed E-state index contributed by atoms with van der Waals surface area (Å²) < 4.78 is 1.85. The lowest BCUT2D eigenvalue weighted by molar-refractivity contribution is 0.929. The summed E-state index contributed by atoms with van der Waals surface area (Å²) >= 11 is 0. The van der Waals surface area contributed by atoms with Crippen molar-refractivity contribution in [1.29, 1.82) is 0 Å². The largest absolute Gasteiger partial charge is 0.340 e. The van der Waals surface area contributed by atoms with Crippen molar-refractivity contribution in [1.82, 2.24) is 9.78 Å². The maximum Gasteiger partial charge on any atom is 0.141 e. The van der Waals surface area contributed by atoms with Gasteiger partial charge in [0.05, 0.1) is 6.20 Å². The molecule has 0 amide bonds. The van der Waals surface area contributed by atoms with Crippen LogP contribution in [0.15, 0.2) is 42.7 Å². The van der Waals surface area contributed by atoms with E-state index in [4.69, 9.17) is 0 Å². The maximum atomic E-state index is 4.39. The number of hydrogen-bond acceptors (Lipinski definition) is 2. The molecule has 3 heteroatoms. The third kappa shape index (κ3) is 2.05. The van der Waals surface area contributed by atoms with E-state index in [0.717, 1.165) is 29.9 Å². The number of rotatable bonds is 3. The average molecular weight is 265 g/mol. The molecule has 20 heavy (non-hydrogen) atoms. The fourth-order valence-electron chi connectivity index (χ4n) is 2.63. The van der Waals surface area contributed by atoms with Crippen molar-refractivity contribution < 1.29 is 0 Å². The number of aryl methyl sites for hydroxylation is 2. The Kier molecular flexibility index (Phi) is 3.18. The molecule has 102 valence electrons. The zero-order valence-electron chi connectivity index (χ0n) is 12.0. The van der Waals surface area contributed by atoms with Gasteiger partial charge in [0.2, 0.25) is 0 Å². The van der Waals surface area contributed by atoms with E-state index in [1.807, 2.05) is 23.2 Å². The van der Waals surface area contributed by atoms with Crippen LogP contribution in [-0.2, 0) is 12.8 Å². The molecule has 1 aromatic heterocycles. The summed E-state index contributed by atoms with van der Waals surface area (Å²) in [7, 11) is 0. The molecular formula is C17H19N3. The highest BCUT2D eigenvalue weighted by molar-refractivity contribution is 5.79. The monoisotopic (exact) mass is 265 g/mol. The molecule has 0 saturated carbocycles. The van der Waals surface area contributed by atoms with E-state index in [0.29, 0.717) is 0 Å². The van der Waals surface area contributed by atoms with Gasteiger partial charge in [0.25, 0.3) is 0 Å². The molecule has 0 radical (unpaired) electrons. The lowest BCUT2D eigenvalue weighted by Gasteiger charge is -2.15. The summed E-state index contributed by atoms with van der Waals surface area (Å²) in [5, 5.41) is 7.68. The van der Waals surface area contributed by atoms with Gasteiger partial charge in [-0.2, -0.15) is 5.10 Å². The molecule has 1 aliphatic heterocycles. The minimum atomic E-state index is 0.889. The van der Waals surface area contributed by atoms with Gasteiger partial charge in [-0.05, 0) is 35.6 Å². The van der Waals surface area contributed by atoms with Gasteiger partial charge in [-0.3, -0.25) is 0 Å². The van der Waals surface area contributed by atoms with E-state index >= 15 is 0 Å². The van der Waals surface area contributed by atoms with Crippen LogP contribution in [-0.4, -0.2) is 9.78 Å². The van der Waals surface area contributed by atoms with Gasteiger partial charge in [0.15, 0.2) is 0 Å². The van der Waals surface area contributed by atoms with E-state index in [1.54, 1.807) is 0 Å². The molecule has 1 aliphatic rings. The van der Waals surface area contributed by atoms with Gasteiger partial charge >= 0.3 is 0 Å². The second kappa shape index (κ2) is 5.00. The Balaban J connectivity index is 2.08. The van der Waals surface area contributed by atoms with Crippen LogP contribution in [0.25, 0.3) is 17.3 Å². The second-order valence-corrected chi connectivity index (χ2v) is 5.01. The van der Waals surface area contributed by atoms with Crippen LogP contribution < -0.4 is 5.32 Å². The van der Waals surface area contributed by atoms with Gasteiger partial charge in [-0.1, -0.05) is 38.6 Å². The molecule has 0 aliphatic carbocycles. The first kappa shape index (κ1) is 12.7. The number of allylic oxidation sites excluding steroid dienone is 1. The van der Waals surface area contributed by atoms with Crippen LogP contribution >= 0.6 is 0 Å². The Morgan fingerprint density at radius 2 is 2.00 bits per heavy atom. The van der Waals surface area contributed by atoms with E-state index in [2.05, 4.69) is 49.0 Å². The van der Waals surface area contributed by atoms with Crippen molar-refractivity contribution in [2.45, 2.75) is 26.7 Å². The highest BCUT2D eigenvalue weighted by Crippen LogP contribution is 2.32. The standard InChI is InChI=1S/C17H19N3/c1-4-13-6-7-15(10-14(13)5-2)16-11-18-20-9-8-12(3)19-17(16)20/h6-11,19H,3-5H2,1-2H3. The third-order valence-corrected chi connectivity index (χ3v) is 3.77. The van der Waals surface area contributed by atoms with Crippen molar-refractivity contribution in [3.8, 4) is 11.1 Å². The number of fused-ring (bicyclic) bond motifs is 1. The number of aromatic nitrogens is 2. The smallest absolute Gasteiger partial charge is 0.141 e. The maximum absolute atomic E-state index is 4.39. The predicted molar refractivity (Wildman–Crippen MR) is 84.5 cm³/mol. The summed E-state index contributed by atoms with van der Waals surface area (Å²) in [6.07, 6.45) is 7.89. The summed E-state index contributed by atoms with van der Waals surface area (Å²) in [4.78, 5) is 0. The first-order valence-corrected chi connectivity index (χ1v) is 7.06. The van der Waals surface area contributed by atoms with Crippen molar-refractivity contribution >= 4 is 12.0 Å². The summed E-state index contributed by atoms with van der Waals surface area (Å²) in [6, 6.07) is 6.68. The van der Waals surface area contributed by atoms with Crippen molar-refractivity contribution in [3.63, 3.8) is 0 Å². The second-order valence-electron chi connectivity index (χ2n) is 5.01. The normalized spacial score (nSPS) is 13.2. The van der Waals surface area contributed by atoms with Crippen LogP contribution in [0.1, 0.15) is 25.0 Å². The summed E-state index contributed by atoms with van der Waals surface area (Å²) in [6.45, 7) is 8.35. The van der Waals surface area contributed by atoms with Crippen LogP contribution in [0.5, 0.6) is 0 Å². The molecule has 0 atom stereocenters. The number of hydrogen-bond donors (Lipinski definition) is 1. The number of nitrogens with zero attached hydrogens (tertiary/aromatic N) is 2. The summed E-state index contributed by atoms with van der Waals surface area (Å²) in [5.41, 5.74) is 6.05. The van der Waals surface area contributed by atoms with Crippen LogP contribution in [0.4, 0.5) is 5.82 Å². The lowest BCUT2D eigenvalue weighted by Crippen LogP contribution is -2.07. The average Bonchev–Trinajstić information content (AvgIpc) is 2.89. The van der Waals surface area contributed by atoms with Crippen molar-refractivity contribution in [3.05, 3.63) is 53.9 Å². The van der Waals surface area contributed by atoms with Gasteiger partial charge < -0.3 is 5.32 Å². The molecule has 1 N–H and O–H groups in total. The molecule has 0 saturated heterocycles. The molecule has 2 aromatic rings. The number of anilines is 1. The number of nitrogens with one attached hydrogen (secondary N) is 1. The Hall–Kier alpha value is -2.29. The molecule has 0 spiro atoms. The lowest BCUT2D eigenvalue weighted by atomic mass is 9.97. The molecule has 0 unspecified atom stereocenters. The Morgan fingerprint density at radius 1 is 1.20 bits per heavy atom. The minimum absolute atomic E-state index is 0.889. The zero-order chi connectivity index (χ0) is 14.1. The van der Waals surface area contributed by atoms with Gasteiger partial charge in [-0.15, -0.1) is 0 Å². The molecule has 0 fully saturated rings. The van der Waals surface area contributed by atoms with Gasteiger partial charge in [-0.25, -0.2) is 4.68 Å². The molecule has 2 heterocycles. The fourth-order valence-corrected chi connectivity index (χ4v) is 2.63. The van der Waals surface area contributed by atoms with Crippen LogP contribution in [0.3, 0.4) is 0 Å². The number of benzene rings is 1. The SMILES string of the molecule is C=C1C=Cn2ncc(-c3ccc(CC)c(CC)c3)c2N1. The Labute approximate surface area is 119 Å². The van der Waals surface area contributed by atoms with E-state index in [1.165, 1.54) is 16.7 Å². The molecule has 3 nitrogen and oxygen atoms in total. The highest BCUT2D eigenvalue weighted by Gasteiger charge is 2.15. The van der Waals surface area contributed by atoms with Crippen LogP contribution in [0.2, 0.25) is 0 Å². The molecule has 3 rings (SSSR count). The van der Waals surface area contributed by atoms with Gasteiger partial charge in [0.1, 0.15) is 5.82 Å². The van der Waals surface area contributed by atoms with Gasteiger partial charge in [0, 0.05) is 17.5 Å².